The van der Waals surface area contributed by atoms with Crippen molar-refractivity contribution in [2.24, 2.45) is 15.3 Å². The minimum Gasteiger partial charge on any atom is -0.455 e. The Morgan fingerprint density at radius 3 is 2.45 bits per heavy atom. The predicted octanol–water partition coefficient (Wildman–Crippen LogP) is 9.81. The first-order valence-corrected chi connectivity index (χ1v) is 14.6. The topological polar surface area (TPSA) is 82.1 Å². The number of nitrogens with one attached hydrogen (secondary N) is 1. The molecule has 4 aromatic carbocycles. The number of hydrogen-bond donors (Lipinski definition) is 1. The van der Waals surface area contributed by atoms with E-state index in [0.29, 0.717) is 6.42 Å². The zero-order valence-electron chi connectivity index (χ0n) is 22.4. The highest BCUT2D eigenvalue weighted by atomic mass is 32.1. The van der Waals surface area contributed by atoms with Crippen LogP contribution in [0, 0.1) is 0 Å². The maximum absolute atomic E-state index is 6.26. The molecule has 0 amide bonds. The third kappa shape index (κ3) is 4.38. The Balaban J connectivity index is 1.26. The third-order valence-electron chi connectivity index (χ3n) is 7.45. The molecule has 7 nitrogen and oxygen atoms in total. The maximum atomic E-state index is 6.26. The summed E-state index contributed by atoms with van der Waals surface area (Å²) in [6.07, 6.45) is 2.75. The number of azo groups is 1. The van der Waals surface area contributed by atoms with Gasteiger partial charge in [-0.1, -0.05) is 96.3 Å². The molecular weight excluding hydrogens is 540 g/mol. The summed E-state index contributed by atoms with van der Waals surface area (Å²) in [5.41, 5.74) is 6.52. The number of para-hydroxylation sites is 2. The Morgan fingerprint density at radius 2 is 1.60 bits per heavy atom. The summed E-state index contributed by atoms with van der Waals surface area (Å²) in [6.45, 7) is 0. The maximum Gasteiger partial charge on any atom is 0.209 e. The number of hydrazone groups is 1. The van der Waals surface area contributed by atoms with Gasteiger partial charge in [-0.3, -0.25) is 0 Å². The summed E-state index contributed by atoms with van der Waals surface area (Å²) in [5, 5.41) is 20.1. The molecule has 0 saturated heterocycles. The van der Waals surface area contributed by atoms with Gasteiger partial charge in [0, 0.05) is 40.0 Å². The first-order valence-electron chi connectivity index (χ1n) is 13.7. The molecular formula is C34H24N6OS. The van der Waals surface area contributed by atoms with E-state index in [4.69, 9.17) is 14.5 Å². The van der Waals surface area contributed by atoms with Crippen LogP contribution in [-0.4, -0.2) is 15.7 Å². The van der Waals surface area contributed by atoms with Crippen LogP contribution in [0.1, 0.15) is 23.8 Å². The first kappa shape index (κ1) is 24.5. The first-order chi connectivity index (χ1) is 20.8. The van der Waals surface area contributed by atoms with Crippen molar-refractivity contribution in [2.45, 2.75) is 12.5 Å². The largest absolute Gasteiger partial charge is 0.455 e. The van der Waals surface area contributed by atoms with Crippen LogP contribution in [0.5, 0.6) is 0 Å². The van der Waals surface area contributed by atoms with Gasteiger partial charge in [-0.05, 0) is 30.3 Å². The molecule has 8 rings (SSSR count). The van der Waals surface area contributed by atoms with E-state index in [-0.39, 0.29) is 6.04 Å². The van der Waals surface area contributed by atoms with Gasteiger partial charge in [-0.15, -0.1) is 10.2 Å². The Hall–Kier alpha value is -5.34. The summed E-state index contributed by atoms with van der Waals surface area (Å²) in [5.74, 6) is 0.771. The zero-order valence-corrected chi connectivity index (χ0v) is 23.2. The van der Waals surface area contributed by atoms with Crippen molar-refractivity contribution in [3.8, 4) is 11.3 Å². The normalized spacial score (nSPS) is 15.3. The molecule has 7 aromatic rings. The number of rotatable bonds is 6. The van der Waals surface area contributed by atoms with Gasteiger partial charge >= 0.3 is 0 Å². The fourth-order valence-corrected chi connectivity index (χ4v) is 6.33. The summed E-state index contributed by atoms with van der Waals surface area (Å²) in [4.78, 5) is 8.57. The van der Waals surface area contributed by atoms with Gasteiger partial charge in [0.2, 0.25) is 5.13 Å². The van der Waals surface area contributed by atoms with E-state index in [1.807, 2.05) is 89.9 Å². The van der Waals surface area contributed by atoms with Crippen molar-refractivity contribution < 1.29 is 4.42 Å². The number of aromatic nitrogens is 2. The molecule has 0 spiro atoms. The van der Waals surface area contributed by atoms with Crippen LogP contribution in [-0.2, 0) is 0 Å². The van der Waals surface area contributed by atoms with Crippen molar-refractivity contribution >= 4 is 54.7 Å². The SMILES string of the molecule is c1ccc(N=Nc2sc(N3N=C(c4cc5ccccc5o4)CC3c3c[nH]c4ccccc34)nc2-c2ccccc2)cc1. The van der Waals surface area contributed by atoms with E-state index in [0.717, 1.165) is 66.0 Å². The lowest BCUT2D eigenvalue weighted by atomic mass is 10.0. The van der Waals surface area contributed by atoms with Gasteiger partial charge in [0.1, 0.15) is 17.0 Å². The molecule has 4 heterocycles. The van der Waals surface area contributed by atoms with Crippen molar-refractivity contribution in [3.63, 3.8) is 0 Å². The van der Waals surface area contributed by atoms with E-state index in [9.17, 15) is 0 Å². The third-order valence-corrected chi connectivity index (χ3v) is 8.38. The van der Waals surface area contributed by atoms with Crippen LogP contribution in [0.3, 0.4) is 0 Å². The smallest absolute Gasteiger partial charge is 0.209 e. The lowest BCUT2D eigenvalue weighted by molar-refractivity contribution is 0.602. The summed E-state index contributed by atoms with van der Waals surface area (Å²) in [7, 11) is 0. The predicted molar refractivity (Wildman–Crippen MR) is 169 cm³/mol. The number of benzene rings is 4. The van der Waals surface area contributed by atoms with Crippen molar-refractivity contribution in [3.05, 3.63) is 133 Å². The average molecular weight is 565 g/mol. The van der Waals surface area contributed by atoms with Gasteiger partial charge in [-0.25, -0.2) is 9.99 Å². The lowest BCUT2D eigenvalue weighted by Gasteiger charge is -2.20. The highest BCUT2D eigenvalue weighted by Crippen LogP contribution is 2.46. The van der Waals surface area contributed by atoms with Gasteiger partial charge < -0.3 is 9.40 Å². The molecule has 42 heavy (non-hydrogen) atoms. The van der Waals surface area contributed by atoms with E-state index >= 15 is 0 Å². The molecule has 1 atom stereocenters. The van der Waals surface area contributed by atoms with Crippen LogP contribution in [0.25, 0.3) is 33.1 Å². The van der Waals surface area contributed by atoms with Crippen molar-refractivity contribution in [2.75, 3.05) is 5.01 Å². The fourth-order valence-electron chi connectivity index (χ4n) is 5.42. The highest BCUT2D eigenvalue weighted by molar-refractivity contribution is 7.19. The van der Waals surface area contributed by atoms with Gasteiger partial charge in [-0.2, -0.15) is 5.10 Å². The monoisotopic (exact) mass is 564 g/mol. The van der Waals surface area contributed by atoms with Gasteiger partial charge in [0.25, 0.3) is 0 Å². The average Bonchev–Trinajstić information content (AvgIpc) is 3.84. The number of anilines is 1. The van der Waals surface area contributed by atoms with Crippen molar-refractivity contribution in [1.82, 2.24) is 9.97 Å². The van der Waals surface area contributed by atoms with Crippen molar-refractivity contribution in [1.29, 1.82) is 0 Å². The second kappa shape index (κ2) is 10.2. The van der Waals surface area contributed by atoms with Crippen LogP contribution >= 0.6 is 11.3 Å². The fraction of sp³-hybridized carbons (Fsp3) is 0.0588. The molecule has 0 fully saturated rings. The molecule has 1 unspecified atom stereocenters. The van der Waals surface area contributed by atoms with Gasteiger partial charge in [0.05, 0.1) is 11.7 Å². The summed E-state index contributed by atoms with van der Waals surface area (Å²) in [6, 6.07) is 38.2. The second-order valence-electron chi connectivity index (χ2n) is 10.1. The summed E-state index contributed by atoms with van der Waals surface area (Å²) >= 11 is 1.49. The number of H-pyrrole nitrogens is 1. The Kier molecular flexibility index (Phi) is 5.97. The minimum absolute atomic E-state index is 0.0851. The number of aromatic amines is 1. The number of hydrogen-bond acceptors (Lipinski definition) is 7. The molecule has 202 valence electrons. The molecule has 0 bridgehead atoms. The zero-order chi connectivity index (χ0) is 27.9. The van der Waals surface area contributed by atoms with Crippen LogP contribution in [0.15, 0.2) is 141 Å². The van der Waals surface area contributed by atoms with Gasteiger partial charge in [0.15, 0.2) is 10.8 Å². The van der Waals surface area contributed by atoms with Crippen LogP contribution < -0.4 is 5.01 Å². The lowest BCUT2D eigenvalue weighted by Crippen LogP contribution is -2.18. The van der Waals surface area contributed by atoms with E-state index in [1.165, 1.54) is 11.3 Å². The van der Waals surface area contributed by atoms with Crippen LogP contribution in [0.2, 0.25) is 0 Å². The molecule has 0 saturated carbocycles. The molecule has 0 radical (unpaired) electrons. The van der Waals surface area contributed by atoms with E-state index in [2.05, 4.69) is 51.7 Å². The van der Waals surface area contributed by atoms with E-state index < -0.39 is 0 Å². The van der Waals surface area contributed by atoms with E-state index in [1.54, 1.807) is 0 Å². The highest BCUT2D eigenvalue weighted by Gasteiger charge is 2.35. The molecule has 1 aliphatic heterocycles. The molecule has 1 N–H and O–H groups in total. The second-order valence-corrected chi connectivity index (χ2v) is 11.1. The number of nitrogens with zero attached hydrogens (tertiary/aromatic N) is 5. The standard InChI is InChI=1S/C34H24N6OS/c1-3-11-22(12-4-1)32-33(38-37-24-14-5-2-6-15-24)42-34(36-32)40-29(26-21-35-27-17-9-8-16-25(26)27)20-28(39-40)31-19-23-13-7-10-18-30(23)41-31/h1-19,21,29,35H,20H2. The Bertz CT molecular complexity index is 2060. The van der Waals surface area contributed by atoms with Crippen LogP contribution in [0.4, 0.5) is 15.8 Å². The minimum atomic E-state index is -0.0851. The Labute approximate surface area is 245 Å². The quantitative estimate of drug-likeness (QED) is 0.204. The summed E-state index contributed by atoms with van der Waals surface area (Å²) < 4.78 is 6.26. The number of fused-ring (bicyclic) bond motifs is 2. The number of thiazole rings is 1. The Morgan fingerprint density at radius 1 is 0.833 bits per heavy atom. The molecule has 0 aliphatic carbocycles. The number of furan rings is 1. The molecule has 3 aromatic heterocycles. The molecule has 1 aliphatic rings. The molecule has 8 heteroatoms.